The zero-order chi connectivity index (χ0) is 21.8. The second-order valence-corrected chi connectivity index (χ2v) is 6.92. The first-order chi connectivity index (χ1) is 14.2. The Hall–Kier alpha value is -3.94. The molecule has 2 aromatic carbocycles. The molecule has 0 aliphatic carbocycles. The molecule has 0 saturated heterocycles. The minimum absolute atomic E-state index is 0.101. The van der Waals surface area contributed by atoms with Gasteiger partial charge in [0.2, 0.25) is 5.91 Å². The fraction of sp³-hybridized carbons (Fsp3) is 0.182. The van der Waals surface area contributed by atoms with Crippen LogP contribution in [0, 0.1) is 6.92 Å². The Morgan fingerprint density at radius 1 is 1.10 bits per heavy atom. The summed E-state index contributed by atoms with van der Waals surface area (Å²) < 4.78 is 5.81. The molecule has 0 saturated carbocycles. The normalized spacial score (nSPS) is 11.8. The highest BCUT2D eigenvalue weighted by molar-refractivity contribution is 5.97. The topological polar surface area (TPSA) is 140 Å². The van der Waals surface area contributed by atoms with Crippen molar-refractivity contribution in [2.75, 3.05) is 0 Å². The van der Waals surface area contributed by atoms with Crippen LogP contribution in [0.1, 0.15) is 28.8 Å². The van der Waals surface area contributed by atoms with Gasteiger partial charge in [-0.2, -0.15) is 0 Å². The zero-order valence-electron chi connectivity index (χ0n) is 16.2. The van der Waals surface area contributed by atoms with E-state index in [0.29, 0.717) is 22.3 Å². The Kier molecular flexibility index (Phi) is 5.96. The summed E-state index contributed by atoms with van der Waals surface area (Å²) in [5.74, 6) is -2.15. The molecular formula is C22H20N2O6. The number of hydrogen-bond acceptors (Lipinski definition) is 5. The quantitative estimate of drug-likeness (QED) is 0.548. The second kappa shape index (κ2) is 8.60. The second-order valence-electron chi connectivity index (χ2n) is 6.92. The number of aryl methyl sites for hydroxylation is 1. The van der Waals surface area contributed by atoms with Gasteiger partial charge in [0, 0.05) is 23.6 Å². The number of carboxylic acid groups (broad SMARTS) is 1. The fourth-order valence-electron chi connectivity index (χ4n) is 2.98. The lowest BCUT2D eigenvalue weighted by Gasteiger charge is -2.14. The predicted octanol–water partition coefficient (Wildman–Crippen LogP) is 2.22. The summed E-state index contributed by atoms with van der Waals surface area (Å²) in [6, 6.07) is 11.7. The molecule has 30 heavy (non-hydrogen) atoms. The molecule has 4 N–H and O–H groups in total. The van der Waals surface area contributed by atoms with Crippen molar-refractivity contribution in [1.82, 2.24) is 5.32 Å². The van der Waals surface area contributed by atoms with Gasteiger partial charge in [-0.25, -0.2) is 4.79 Å². The number of aliphatic carboxylic acids is 1. The number of primary amides is 1. The van der Waals surface area contributed by atoms with E-state index in [9.17, 15) is 24.3 Å². The number of nitrogens with one attached hydrogen (secondary N) is 1. The van der Waals surface area contributed by atoms with Gasteiger partial charge in [-0.3, -0.25) is 14.4 Å². The first-order valence-electron chi connectivity index (χ1n) is 9.21. The van der Waals surface area contributed by atoms with E-state index < -0.39 is 23.8 Å². The van der Waals surface area contributed by atoms with Crippen LogP contribution in [0.25, 0.3) is 22.3 Å². The van der Waals surface area contributed by atoms with Crippen LogP contribution in [0.2, 0.25) is 0 Å². The summed E-state index contributed by atoms with van der Waals surface area (Å²) in [6.45, 7) is 1.89. The van der Waals surface area contributed by atoms with Gasteiger partial charge >= 0.3 is 5.97 Å². The van der Waals surface area contributed by atoms with Crippen LogP contribution >= 0.6 is 0 Å². The molecule has 0 fully saturated rings. The Balaban J connectivity index is 1.80. The molecule has 0 aliphatic heterocycles. The Bertz CT molecular complexity index is 1180. The van der Waals surface area contributed by atoms with Crippen molar-refractivity contribution < 1.29 is 23.9 Å². The van der Waals surface area contributed by atoms with Crippen LogP contribution in [0.5, 0.6) is 0 Å². The van der Waals surface area contributed by atoms with Crippen molar-refractivity contribution in [3.05, 3.63) is 69.9 Å². The maximum atomic E-state index is 12.4. The first kappa shape index (κ1) is 20.8. The van der Waals surface area contributed by atoms with E-state index in [1.807, 2.05) is 13.0 Å². The number of carbonyl (C=O) groups is 3. The lowest BCUT2D eigenvalue weighted by molar-refractivity contribution is -0.139. The van der Waals surface area contributed by atoms with E-state index >= 15 is 0 Å². The maximum absolute atomic E-state index is 12.4. The number of carboxylic acids is 1. The molecule has 154 valence electrons. The number of rotatable bonds is 7. The number of hydrogen-bond donors (Lipinski definition) is 3. The van der Waals surface area contributed by atoms with Crippen molar-refractivity contribution in [2.45, 2.75) is 25.8 Å². The third kappa shape index (κ3) is 4.72. The van der Waals surface area contributed by atoms with Gasteiger partial charge < -0.3 is 20.6 Å². The monoisotopic (exact) mass is 408 g/mol. The van der Waals surface area contributed by atoms with E-state index in [1.165, 1.54) is 18.2 Å². The molecule has 0 aliphatic rings. The summed E-state index contributed by atoms with van der Waals surface area (Å²) in [4.78, 5) is 46.9. The number of nitrogens with two attached hydrogens (primary N) is 1. The summed E-state index contributed by atoms with van der Waals surface area (Å²) in [5.41, 5.74) is 7.09. The van der Waals surface area contributed by atoms with Crippen LogP contribution in [0.15, 0.2) is 57.7 Å². The molecule has 3 aromatic rings. The van der Waals surface area contributed by atoms with Gasteiger partial charge in [0.15, 0.2) is 5.43 Å². The largest absolute Gasteiger partial charge is 0.480 e. The predicted molar refractivity (Wildman–Crippen MR) is 110 cm³/mol. The molecule has 0 radical (unpaired) electrons. The van der Waals surface area contributed by atoms with E-state index in [2.05, 4.69) is 5.32 Å². The fourth-order valence-corrected chi connectivity index (χ4v) is 2.98. The number of fused-ring (bicyclic) bond motifs is 1. The minimum atomic E-state index is -1.26. The molecule has 2 amide bonds. The highest BCUT2D eigenvalue weighted by Gasteiger charge is 2.21. The van der Waals surface area contributed by atoms with Crippen molar-refractivity contribution in [1.29, 1.82) is 0 Å². The lowest BCUT2D eigenvalue weighted by Crippen LogP contribution is -2.41. The third-order valence-corrected chi connectivity index (χ3v) is 4.60. The molecule has 0 bridgehead atoms. The smallest absolute Gasteiger partial charge is 0.326 e. The number of carbonyl (C=O) groups excluding carboxylic acids is 2. The van der Waals surface area contributed by atoms with E-state index in [-0.39, 0.29) is 23.8 Å². The SMILES string of the molecule is Cc1ccc2oc(-c3ccc(C(=O)NC(CCC(N)=O)C(=O)O)cc3)cc(=O)c2c1. The molecule has 1 unspecified atom stereocenters. The van der Waals surface area contributed by atoms with Crippen molar-refractivity contribution in [3.63, 3.8) is 0 Å². The van der Waals surface area contributed by atoms with Crippen molar-refractivity contribution in [3.8, 4) is 11.3 Å². The molecule has 1 aromatic heterocycles. The van der Waals surface area contributed by atoms with Crippen LogP contribution in [-0.2, 0) is 9.59 Å². The van der Waals surface area contributed by atoms with Crippen LogP contribution < -0.4 is 16.5 Å². The van der Waals surface area contributed by atoms with Crippen molar-refractivity contribution in [2.24, 2.45) is 5.73 Å². The van der Waals surface area contributed by atoms with Gasteiger partial charge in [0.1, 0.15) is 17.4 Å². The van der Waals surface area contributed by atoms with Gasteiger partial charge in [-0.1, -0.05) is 23.8 Å². The number of amides is 2. The van der Waals surface area contributed by atoms with Crippen molar-refractivity contribution >= 4 is 28.8 Å². The Morgan fingerprint density at radius 2 is 1.80 bits per heavy atom. The maximum Gasteiger partial charge on any atom is 0.326 e. The lowest BCUT2D eigenvalue weighted by atomic mass is 10.1. The molecule has 1 atom stereocenters. The molecule has 8 nitrogen and oxygen atoms in total. The molecule has 8 heteroatoms. The van der Waals surface area contributed by atoms with Crippen LogP contribution in [0.4, 0.5) is 0 Å². The Morgan fingerprint density at radius 3 is 2.43 bits per heavy atom. The summed E-state index contributed by atoms with van der Waals surface area (Å²) in [7, 11) is 0. The highest BCUT2D eigenvalue weighted by atomic mass is 16.4. The van der Waals surface area contributed by atoms with E-state index in [4.69, 9.17) is 10.2 Å². The van der Waals surface area contributed by atoms with Gasteiger partial charge in [-0.15, -0.1) is 0 Å². The standard InChI is InChI=1S/C22H20N2O6/c1-12-2-8-18-15(10-12)17(25)11-19(30-18)13-3-5-14(6-4-13)21(27)24-16(22(28)29)7-9-20(23)26/h2-6,8,10-11,16H,7,9H2,1H3,(H2,23,26)(H,24,27)(H,28,29). The van der Waals surface area contributed by atoms with Gasteiger partial charge in [0.25, 0.3) is 5.91 Å². The summed E-state index contributed by atoms with van der Waals surface area (Å²) in [6.07, 6.45) is -0.257. The average Bonchev–Trinajstić information content (AvgIpc) is 2.71. The first-order valence-corrected chi connectivity index (χ1v) is 9.21. The average molecular weight is 408 g/mol. The van der Waals surface area contributed by atoms with E-state index in [1.54, 1.807) is 24.3 Å². The van der Waals surface area contributed by atoms with Crippen LogP contribution in [0.3, 0.4) is 0 Å². The van der Waals surface area contributed by atoms with E-state index in [0.717, 1.165) is 5.56 Å². The van der Waals surface area contributed by atoms with Gasteiger partial charge in [-0.05, 0) is 37.6 Å². The zero-order valence-corrected chi connectivity index (χ0v) is 16.2. The Labute approximate surface area is 171 Å². The van der Waals surface area contributed by atoms with Crippen LogP contribution in [-0.4, -0.2) is 28.9 Å². The molecular weight excluding hydrogens is 388 g/mol. The molecule has 0 spiro atoms. The van der Waals surface area contributed by atoms with Gasteiger partial charge in [0.05, 0.1) is 5.39 Å². The minimum Gasteiger partial charge on any atom is -0.480 e. The highest BCUT2D eigenvalue weighted by Crippen LogP contribution is 2.23. The molecule has 3 rings (SSSR count). The third-order valence-electron chi connectivity index (χ3n) is 4.60. The summed E-state index contributed by atoms with van der Waals surface area (Å²) in [5, 5.41) is 12.1. The number of benzene rings is 2. The molecule has 1 heterocycles. The summed E-state index contributed by atoms with van der Waals surface area (Å²) >= 11 is 0.